The monoisotopic (exact) mass is 321 g/mol. The summed E-state index contributed by atoms with van der Waals surface area (Å²) < 4.78 is 37.6. The summed E-state index contributed by atoms with van der Waals surface area (Å²) in [6.45, 7) is 2.78. The first kappa shape index (κ1) is 16.7. The molecule has 0 aliphatic carbocycles. The molecule has 122 valence electrons. The first-order valence-corrected chi connectivity index (χ1v) is 7.19. The maximum Gasteiger partial charge on any atom is 0.257 e. The van der Waals surface area contributed by atoms with Gasteiger partial charge in [0.2, 0.25) is 0 Å². The molecule has 0 fully saturated rings. The van der Waals surface area contributed by atoms with Gasteiger partial charge < -0.3 is 14.8 Å². The topological polar surface area (TPSA) is 47.6 Å². The Morgan fingerprint density at radius 3 is 2.13 bits per heavy atom. The van der Waals surface area contributed by atoms with Crippen molar-refractivity contribution in [1.29, 1.82) is 0 Å². The maximum absolute atomic E-state index is 13.4. The van der Waals surface area contributed by atoms with E-state index < -0.39 is 23.1 Å². The molecule has 23 heavy (non-hydrogen) atoms. The Morgan fingerprint density at radius 2 is 1.57 bits per heavy atom. The molecule has 2 rings (SSSR count). The third-order valence-electron chi connectivity index (χ3n) is 2.98. The Kier molecular flexibility index (Phi) is 5.91. The van der Waals surface area contributed by atoms with Gasteiger partial charge in [-0.05, 0) is 43.3 Å². The summed E-state index contributed by atoms with van der Waals surface area (Å²) >= 11 is 0. The molecule has 1 amide bonds. The molecule has 0 aliphatic rings. The summed E-state index contributed by atoms with van der Waals surface area (Å²) in [5.74, 6) is -1.25. The van der Waals surface area contributed by atoms with Crippen LogP contribution in [0.15, 0.2) is 42.5 Å². The predicted octanol–water partition coefficient (Wildman–Crippen LogP) is 3.17. The minimum Gasteiger partial charge on any atom is -0.494 e. The molecule has 0 radical (unpaired) electrons. The summed E-state index contributed by atoms with van der Waals surface area (Å²) in [4.78, 5) is 11.8. The summed E-state index contributed by atoms with van der Waals surface area (Å²) in [5.41, 5.74) is -0.589. The number of carbonyl (C=O) groups is 1. The highest BCUT2D eigenvalue weighted by atomic mass is 19.1. The molecule has 2 aromatic rings. The van der Waals surface area contributed by atoms with Gasteiger partial charge >= 0.3 is 0 Å². The second kappa shape index (κ2) is 8.12. The number of ether oxygens (including phenoxy) is 2. The van der Waals surface area contributed by atoms with Crippen molar-refractivity contribution >= 4 is 5.91 Å². The minimum atomic E-state index is -0.894. The van der Waals surface area contributed by atoms with Crippen LogP contribution >= 0.6 is 0 Å². The molecule has 0 heterocycles. The zero-order valence-electron chi connectivity index (χ0n) is 12.6. The lowest BCUT2D eigenvalue weighted by molar-refractivity contribution is 0.0938. The van der Waals surface area contributed by atoms with Gasteiger partial charge in [0.05, 0.1) is 13.2 Å². The third kappa shape index (κ3) is 4.67. The van der Waals surface area contributed by atoms with Crippen molar-refractivity contribution in [3.05, 3.63) is 59.7 Å². The molecule has 6 heteroatoms. The lowest BCUT2D eigenvalue weighted by Gasteiger charge is -2.09. The van der Waals surface area contributed by atoms with Crippen LogP contribution in [0.3, 0.4) is 0 Å². The van der Waals surface area contributed by atoms with E-state index in [-0.39, 0.29) is 13.2 Å². The smallest absolute Gasteiger partial charge is 0.257 e. The van der Waals surface area contributed by atoms with Crippen molar-refractivity contribution in [3.63, 3.8) is 0 Å². The lowest BCUT2D eigenvalue weighted by Crippen LogP contribution is -2.29. The molecular formula is C17H17F2NO3. The van der Waals surface area contributed by atoms with Crippen LogP contribution in [-0.2, 0) is 0 Å². The van der Waals surface area contributed by atoms with Crippen molar-refractivity contribution in [2.24, 2.45) is 0 Å². The predicted molar refractivity (Wildman–Crippen MR) is 81.8 cm³/mol. The van der Waals surface area contributed by atoms with Crippen LogP contribution in [0.1, 0.15) is 17.3 Å². The molecule has 0 aromatic heterocycles. The summed E-state index contributed by atoms with van der Waals surface area (Å²) in [6.07, 6.45) is 0. The normalized spacial score (nSPS) is 10.2. The number of hydrogen-bond donors (Lipinski definition) is 1. The average molecular weight is 321 g/mol. The van der Waals surface area contributed by atoms with Crippen LogP contribution < -0.4 is 14.8 Å². The minimum absolute atomic E-state index is 0.125. The Hall–Kier alpha value is -2.63. The SMILES string of the molecule is CCOc1ccc(OCCNC(=O)c2c(F)cccc2F)cc1. The number of halogens is 2. The summed E-state index contributed by atoms with van der Waals surface area (Å²) in [5, 5.41) is 2.41. The van der Waals surface area contributed by atoms with E-state index in [1.165, 1.54) is 6.07 Å². The van der Waals surface area contributed by atoms with Crippen molar-refractivity contribution < 1.29 is 23.0 Å². The maximum atomic E-state index is 13.4. The van der Waals surface area contributed by atoms with Crippen LogP contribution in [0.4, 0.5) is 8.78 Å². The van der Waals surface area contributed by atoms with E-state index in [4.69, 9.17) is 9.47 Å². The first-order chi connectivity index (χ1) is 11.1. The molecule has 0 atom stereocenters. The number of benzene rings is 2. The zero-order valence-corrected chi connectivity index (χ0v) is 12.6. The van der Waals surface area contributed by atoms with Crippen LogP contribution in [0.5, 0.6) is 11.5 Å². The summed E-state index contributed by atoms with van der Waals surface area (Å²) in [6, 6.07) is 10.3. The van der Waals surface area contributed by atoms with E-state index in [1.54, 1.807) is 24.3 Å². The molecule has 1 N–H and O–H groups in total. The molecule has 0 spiro atoms. The number of rotatable bonds is 7. The highest BCUT2D eigenvalue weighted by Crippen LogP contribution is 2.17. The first-order valence-electron chi connectivity index (χ1n) is 7.19. The van der Waals surface area contributed by atoms with Crippen molar-refractivity contribution in [2.45, 2.75) is 6.92 Å². The largest absolute Gasteiger partial charge is 0.494 e. The van der Waals surface area contributed by atoms with Crippen molar-refractivity contribution in [3.8, 4) is 11.5 Å². The van der Waals surface area contributed by atoms with E-state index in [0.717, 1.165) is 17.9 Å². The zero-order chi connectivity index (χ0) is 16.7. The van der Waals surface area contributed by atoms with Gasteiger partial charge in [0.15, 0.2) is 0 Å². The van der Waals surface area contributed by atoms with Crippen LogP contribution in [0, 0.1) is 11.6 Å². The van der Waals surface area contributed by atoms with Gasteiger partial charge in [-0.25, -0.2) is 8.78 Å². The Labute approximate surface area is 133 Å². The van der Waals surface area contributed by atoms with E-state index in [0.29, 0.717) is 12.4 Å². The van der Waals surface area contributed by atoms with Crippen molar-refractivity contribution in [1.82, 2.24) is 5.32 Å². The number of nitrogens with one attached hydrogen (secondary N) is 1. The van der Waals surface area contributed by atoms with E-state index in [1.807, 2.05) is 6.92 Å². The van der Waals surface area contributed by atoms with Gasteiger partial charge in [0.25, 0.3) is 5.91 Å². The summed E-state index contributed by atoms with van der Waals surface area (Å²) in [7, 11) is 0. The third-order valence-corrected chi connectivity index (χ3v) is 2.98. The van der Waals surface area contributed by atoms with Gasteiger partial charge in [0.1, 0.15) is 35.3 Å². The van der Waals surface area contributed by atoms with E-state index >= 15 is 0 Å². The Balaban J connectivity index is 1.80. The van der Waals surface area contributed by atoms with E-state index in [9.17, 15) is 13.6 Å². The number of carbonyl (C=O) groups excluding carboxylic acids is 1. The Morgan fingerprint density at radius 1 is 1.00 bits per heavy atom. The molecule has 0 bridgehead atoms. The van der Waals surface area contributed by atoms with Gasteiger partial charge in [-0.2, -0.15) is 0 Å². The second-order valence-corrected chi connectivity index (χ2v) is 4.61. The molecule has 0 aliphatic heterocycles. The van der Waals surface area contributed by atoms with Crippen molar-refractivity contribution in [2.75, 3.05) is 19.8 Å². The standard InChI is InChI=1S/C17H17F2NO3/c1-2-22-12-6-8-13(9-7-12)23-11-10-20-17(21)16-14(18)4-3-5-15(16)19/h3-9H,2,10-11H2,1H3,(H,20,21). The van der Waals surface area contributed by atoms with E-state index in [2.05, 4.69) is 5.32 Å². The van der Waals surface area contributed by atoms with Gasteiger partial charge in [-0.15, -0.1) is 0 Å². The van der Waals surface area contributed by atoms with Gasteiger partial charge in [-0.1, -0.05) is 6.07 Å². The van der Waals surface area contributed by atoms with Gasteiger partial charge in [0, 0.05) is 0 Å². The molecule has 0 unspecified atom stereocenters. The van der Waals surface area contributed by atoms with Gasteiger partial charge in [-0.3, -0.25) is 4.79 Å². The van der Waals surface area contributed by atoms with Crippen LogP contribution in [-0.4, -0.2) is 25.7 Å². The fourth-order valence-electron chi connectivity index (χ4n) is 1.94. The average Bonchev–Trinajstić information content (AvgIpc) is 2.53. The Bertz CT molecular complexity index is 639. The lowest BCUT2D eigenvalue weighted by atomic mass is 10.2. The van der Waals surface area contributed by atoms with Crippen LogP contribution in [0.2, 0.25) is 0 Å². The fraction of sp³-hybridized carbons (Fsp3) is 0.235. The second-order valence-electron chi connectivity index (χ2n) is 4.61. The molecule has 0 saturated heterocycles. The highest BCUT2D eigenvalue weighted by molar-refractivity contribution is 5.94. The number of hydrogen-bond acceptors (Lipinski definition) is 3. The molecular weight excluding hydrogens is 304 g/mol. The molecule has 0 saturated carbocycles. The molecule has 2 aromatic carbocycles. The quantitative estimate of drug-likeness (QED) is 0.797. The van der Waals surface area contributed by atoms with Crippen LogP contribution in [0.25, 0.3) is 0 Å². The number of amides is 1. The highest BCUT2D eigenvalue weighted by Gasteiger charge is 2.16. The molecule has 4 nitrogen and oxygen atoms in total. The fourth-order valence-corrected chi connectivity index (χ4v) is 1.94.